The minimum absolute atomic E-state index is 0.00887. The van der Waals surface area contributed by atoms with Gasteiger partial charge in [0.1, 0.15) is 17.1 Å². The quantitative estimate of drug-likeness (QED) is 0.867. The van der Waals surface area contributed by atoms with Crippen LogP contribution in [0, 0.1) is 11.2 Å². The van der Waals surface area contributed by atoms with E-state index in [1.54, 1.807) is 6.92 Å². The fourth-order valence-corrected chi connectivity index (χ4v) is 2.47. The lowest BCUT2D eigenvalue weighted by Gasteiger charge is -2.37. The largest absolute Gasteiger partial charge is 0.507 e. The van der Waals surface area contributed by atoms with E-state index in [0.717, 1.165) is 6.07 Å². The summed E-state index contributed by atoms with van der Waals surface area (Å²) in [6.45, 7) is 1.93. The molecule has 108 valence electrons. The van der Waals surface area contributed by atoms with Crippen molar-refractivity contribution in [3.05, 3.63) is 29.6 Å². The molecule has 1 fully saturated rings. The van der Waals surface area contributed by atoms with Gasteiger partial charge in [-0.05, 0) is 31.9 Å². The third-order valence-corrected chi connectivity index (χ3v) is 3.71. The summed E-state index contributed by atoms with van der Waals surface area (Å²) < 4.78 is 13.7. The van der Waals surface area contributed by atoms with Crippen LogP contribution in [0.25, 0.3) is 0 Å². The maximum absolute atomic E-state index is 13.7. The number of carbonyl (C=O) groups excluding carboxylic acids is 1. The van der Waals surface area contributed by atoms with Crippen LogP contribution in [0.1, 0.15) is 30.1 Å². The van der Waals surface area contributed by atoms with E-state index in [9.17, 15) is 24.2 Å². The molecule has 2 N–H and O–H groups in total. The molecule has 1 unspecified atom stereocenters. The number of benzene rings is 1. The number of hydrogen-bond donors (Lipinski definition) is 2. The van der Waals surface area contributed by atoms with Crippen molar-refractivity contribution in [2.45, 2.75) is 19.8 Å². The minimum atomic E-state index is -1.03. The third-order valence-electron chi connectivity index (χ3n) is 3.71. The van der Waals surface area contributed by atoms with Gasteiger partial charge in [0.25, 0.3) is 5.91 Å². The van der Waals surface area contributed by atoms with E-state index < -0.39 is 34.4 Å². The lowest BCUT2D eigenvalue weighted by atomic mass is 9.82. The first-order valence-electron chi connectivity index (χ1n) is 6.35. The van der Waals surface area contributed by atoms with E-state index in [1.165, 1.54) is 17.0 Å². The van der Waals surface area contributed by atoms with Gasteiger partial charge < -0.3 is 15.1 Å². The van der Waals surface area contributed by atoms with E-state index >= 15 is 0 Å². The molecular weight excluding hydrogens is 265 g/mol. The van der Waals surface area contributed by atoms with Crippen molar-refractivity contribution < 1.29 is 24.2 Å². The van der Waals surface area contributed by atoms with Gasteiger partial charge in [0, 0.05) is 13.1 Å². The summed E-state index contributed by atoms with van der Waals surface area (Å²) in [6.07, 6.45) is 0.999. The zero-order valence-electron chi connectivity index (χ0n) is 11.1. The number of carbonyl (C=O) groups is 2. The highest BCUT2D eigenvalue weighted by molar-refractivity contribution is 5.97. The van der Waals surface area contributed by atoms with Gasteiger partial charge in [-0.3, -0.25) is 9.59 Å². The fraction of sp³-hybridized carbons (Fsp3) is 0.429. The summed E-state index contributed by atoms with van der Waals surface area (Å²) in [6, 6.07) is 3.63. The monoisotopic (exact) mass is 281 g/mol. The number of likely N-dealkylation sites (tertiary alicyclic amines) is 1. The summed E-state index contributed by atoms with van der Waals surface area (Å²) in [5.74, 6) is -2.89. The molecule has 1 aromatic rings. The van der Waals surface area contributed by atoms with Crippen molar-refractivity contribution in [1.82, 2.24) is 4.90 Å². The van der Waals surface area contributed by atoms with Crippen LogP contribution < -0.4 is 0 Å². The van der Waals surface area contributed by atoms with E-state index in [2.05, 4.69) is 0 Å². The summed E-state index contributed by atoms with van der Waals surface area (Å²) >= 11 is 0. The molecule has 0 spiro atoms. The van der Waals surface area contributed by atoms with Gasteiger partial charge in [0.15, 0.2) is 0 Å². The number of amides is 1. The van der Waals surface area contributed by atoms with Crippen molar-refractivity contribution in [3.63, 3.8) is 0 Å². The Bertz CT molecular complexity index is 540. The zero-order valence-corrected chi connectivity index (χ0v) is 11.1. The second-order valence-electron chi connectivity index (χ2n) is 5.33. The number of phenols is 1. The van der Waals surface area contributed by atoms with E-state index in [1.807, 2.05) is 0 Å². The molecule has 1 heterocycles. The van der Waals surface area contributed by atoms with Gasteiger partial charge in [-0.15, -0.1) is 0 Å². The van der Waals surface area contributed by atoms with Crippen molar-refractivity contribution in [2.75, 3.05) is 13.1 Å². The molecule has 1 atom stereocenters. The molecule has 1 saturated heterocycles. The Labute approximate surface area is 115 Å². The fourth-order valence-electron chi connectivity index (χ4n) is 2.47. The van der Waals surface area contributed by atoms with Gasteiger partial charge in [-0.2, -0.15) is 0 Å². The molecule has 5 nitrogen and oxygen atoms in total. The molecular formula is C14H16FNO4. The van der Waals surface area contributed by atoms with E-state index in [-0.39, 0.29) is 6.54 Å². The number of hydrogen-bond acceptors (Lipinski definition) is 3. The van der Waals surface area contributed by atoms with Gasteiger partial charge in [-0.25, -0.2) is 4.39 Å². The SMILES string of the molecule is CC1(C(=O)O)CCCN(C(=O)c2c(O)cccc2F)C1. The smallest absolute Gasteiger partial charge is 0.311 e. The number of aliphatic carboxylic acids is 1. The third kappa shape index (κ3) is 2.45. The lowest BCUT2D eigenvalue weighted by Crippen LogP contribution is -2.48. The molecule has 6 heteroatoms. The number of carboxylic acids is 1. The van der Waals surface area contributed by atoms with Crippen LogP contribution >= 0.6 is 0 Å². The predicted molar refractivity (Wildman–Crippen MR) is 68.9 cm³/mol. The van der Waals surface area contributed by atoms with Gasteiger partial charge >= 0.3 is 5.97 Å². The number of piperidine rings is 1. The van der Waals surface area contributed by atoms with Crippen LogP contribution in [0.4, 0.5) is 4.39 Å². The van der Waals surface area contributed by atoms with Gasteiger partial charge in [-0.1, -0.05) is 6.07 Å². The van der Waals surface area contributed by atoms with Crippen LogP contribution in [0.5, 0.6) is 5.75 Å². The molecule has 1 aliphatic heterocycles. The second kappa shape index (κ2) is 5.11. The first-order valence-corrected chi connectivity index (χ1v) is 6.35. The van der Waals surface area contributed by atoms with Gasteiger partial charge in [0.2, 0.25) is 0 Å². The van der Waals surface area contributed by atoms with Crippen LogP contribution in [-0.2, 0) is 4.79 Å². The number of phenolic OH excluding ortho intramolecular Hbond substituents is 1. The highest BCUT2D eigenvalue weighted by atomic mass is 19.1. The Morgan fingerprint density at radius 3 is 2.70 bits per heavy atom. The van der Waals surface area contributed by atoms with Crippen molar-refractivity contribution >= 4 is 11.9 Å². The zero-order chi connectivity index (χ0) is 14.9. The number of nitrogens with zero attached hydrogens (tertiary/aromatic N) is 1. The molecule has 0 saturated carbocycles. The average molecular weight is 281 g/mol. The molecule has 0 aliphatic carbocycles. The Kier molecular flexibility index (Phi) is 3.65. The van der Waals surface area contributed by atoms with Crippen LogP contribution in [-0.4, -0.2) is 40.1 Å². The molecule has 0 bridgehead atoms. The summed E-state index contributed by atoms with van der Waals surface area (Å²) in [4.78, 5) is 24.8. The molecule has 0 radical (unpaired) electrons. The van der Waals surface area contributed by atoms with Crippen LogP contribution in [0.2, 0.25) is 0 Å². The molecule has 1 aromatic carbocycles. The predicted octanol–water partition coefficient (Wildman–Crippen LogP) is 1.86. The van der Waals surface area contributed by atoms with Crippen molar-refractivity contribution in [3.8, 4) is 5.75 Å². The highest BCUT2D eigenvalue weighted by Crippen LogP contribution is 2.32. The molecule has 2 rings (SSSR count). The first-order chi connectivity index (χ1) is 9.35. The molecule has 1 amide bonds. The Hall–Kier alpha value is -2.11. The Morgan fingerprint density at radius 2 is 2.10 bits per heavy atom. The van der Waals surface area contributed by atoms with Crippen molar-refractivity contribution in [2.24, 2.45) is 5.41 Å². The number of aromatic hydroxyl groups is 1. The average Bonchev–Trinajstić information content (AvgIpc) is 2.38. The number of rotatable bonds is 2. The van der Waals surface area contributed by atoms with Crippen LogP contribution in [0.15, 0.2) is 18.2 Å². The lowest BCUT2D eigenvalue weighted by molar-refractivity contribution is -0.150. The summed E-state index contributed by atoms with van der Waals surface area (Å²) in [5.41, 5.74) is -1.43. The minimum Gasteiger partial charge on any atom is -0.507 e. The molecule has 0 aromatic heterocycles. The second-order valence-corrected chi connectivity index (χ2v) is 5.33. The Balaban J connectivity index is 2.28. The van der Waals surface area contributed by atoms with E-state index in [0.29, 0.717) is 19.4 Å². The number of carboxylic acid groups (broad SMARTS) is 1. The first kappa shape index (κ1) is 14.3. The maximum atomic E-state index is 13.7. The van der Waals surface area contributed by atoms with Crippen molar-refractivity contribution in [1.29, 1.82) is 0 Å². The summed E-state index contributed by atoms with van der Waals surface area (Å²) in [5, 5.41) is 18.8. The van der Waals surface area contributed by atoms with Crippen LogP contribution in [0.3, 0.4) is 0 Å². The Morgan fingerprint density at radius 1 is 1.40 bits per heavy atom. The topological polar surface area (TPSA) is 77.8 Å². The standard InChI is InChI=1S/C14H16FNO4/c1-14(13(19)20)6-3-7-16(8-14)12(18)11-9(15)4-2-5-10(11)17/h2,4-5,17H,3,6-8H2,1H3,(H,19,20). The highest BCUT2D eigenvalue weighted by Gasteiger charge is 2.40. The number of halogens is 1. The molecule has 20 heavy (non-hydrogen) atoms. The van der Waals surface area contributed by atoms with E-state index in [4.69, 9.17) is 0 Å². The normalized spacial score (nSPS) is 22.6. The maximum Gasteiger partial charge on any atom is 0.311 e. The summed E-state index contributed by atoms with van der Waals surface area (Å²) in [7, 11) is 0. The molecule has 1 aliphatic rings. The van der Waals surface area contributed by atoms with Gasteiger partial charge in [0.05, 0.1) is 5.41 Å².